The number of unbranched alkanes of at least 4 members (excludes halogenated alkanes) is 1. The van der Waals surface area contributed by atoms with E-state index in [1.165, 1.54) is 46.0 Å². The van der Waals surface area contributed by atoms with Gasteiger partial charge in [-0.25, -0.2) is 17.1 Å². The fraction of sp³-hybridized carbons (Fsp3) is 0.364. The molecule has 0 atom stereocenters. The van der Waals surface area contributed by atoms with E-state index < -0.39 is 21.7 Å². The molecule has 3 rings (SSSR count). The Hall–Kier alpha value is -2.40. The number of aromatic nitrogens is 1. The first-order chi connectivity index (χ1) is 15.3. The Morgan fingerprint density at radius 3 is 2.59 bits per heavy atom. The fourth-order valence-corrected chi connectivity index (χ4v) is 5.44. The molecule has 0 unspecified atom stereocenters. The third-order valence-corrected chi connectivity index (χ3v) is 7.92. The Morgan fingerprint density at radius 1 is 1.22 bits per heavy atom. The van der Waals surface area contributed by atoms with Crippen LogP contribution in [0.25, 0.3) is 10.2 Å². The molecule has 3 aromatic rings. The van der Waals surface area contributed by atoms with Crippen molar-refractivity contribution in [2.75, 3.05) is 27.3 Å². The summed E-state index contributed by atoms with van der Waals surface area (Å²) >= 11 is 1.21. The first-order valence-corrected chi connectivity index (χ1v) is 12.5. The van der Waals surface area contributed by atoms with Crippen LogP contribution in [0, 0.1) is 5.82 Å². The molecule has 1 amide bonds. The first-order valence-electron chi connectivity index (χ1n) is 10.2. The predicted molar refractivity (Wildman–Crippen MR) is 123 cm³/mol. The molecular weight excluding hydrogens is 453 g/mol. The Kier molecular flexibility index (Phi) is 7.94. The number of para-hydroxylation sites is 1. The molecular formula is C22H26FN3O4S2. The maximum absolute atomic E-state index is 14.4. The summed E-state index contributed by atoms with van der Waals surface area (Å²) in [5, 5.41) is 0. The van der Waals surface area contributed by atoms with Crippen LogP contribution in [0.4, 0.5) is 4.39 Å². The van der Waals surface area contributed by atoms with E-state index in [4.69, 9.17) is 4.74 Å². The van der Waals surface area contributed by atoms with Crippen LogP contribution < -0.4 is 4.80 Å². The number of hydrogen-bond donors (Lipinski definition) is 0. The van der Waals surface area contributed by atoms with Gasteiger partial charge in [-0.2, -0.15) is 4.99 Å². The van der Waals surface area contributed by atoms with Crippen molar-refractivity contribution < 1.29 is 22.3 Å². The average Bonchev–Trinajstić information content (AvgIpc) is 3.14. The molecule has 32 heavy (non-hydrogen) atoms. The maximum atomic E-state index is 14.4. The van der Waals surface area contributed by atoms with Crippen molar-refractivity contribution >= 4 is 37.5 Å². The van der Waals surface area contributed by atoms with Crippen molar-refractivity contribution in [1.29, 1.82) is 0 Å². The van der Waals surface area contributed by atoms with Gasteiger partial charge < -0.3 is 9.30 Å². The Balaban J connectivity index is 1.93. The van der Waals surface area contributed by atoms with Crippen molar-refractivity contribution in [3.8, 4) is 0 Å². The van der Waals surface area contributed by atoms with Crippen molar-refractivity contribution in [3.63, 3.8) is 0 Å². The quantitative estimate of drug-likeness (QED) is 0.469. The molecule has 0 N–H and O–H groups in total. The summed E-state index contributed by atoms with van der Waals surface area (Å²) in [6.45, 7) is 3.09. The molecule has 0 fully saturated rings. The van der Waals surface area contributed by atoms with Crippen molar-refractivity contribution in [1.82, 2.24) is 8.87 Å². The lowest BCUT2D eigenvalue weighted by molar-refractivity contribution is 0.0997. The molecule has 0 bridgehead atoms. The van der Waals surface area contributed by atoms with Crippen LogP contribution in [0.3, 0.4) is 0 Å². The zero-order valence-electron chi connectivity index (χ0n) is 18.2. The first kappa shape index (κ1) is 24.2. The van der Waals surface area contributed by atoms with Crippen LogP contribution in [-0.2, 0) is 21.3 Å². The maximum Gasteiger partial charge on any atom is 0.279 e. The number of ether oxygens (including phenoxy) is 1. The average molecular weight is 480 g/mol. The molecule has 0 aliphatic rings. The Labute approximate surface area is 190 Å². The van der Waals surface area contributed by atoms with Crippen LogP contribution in [-0.4, -0.2) is 50.5 Å². The summed E-state index contributed by atoms with van der Waals surface area (Å²) in [6, 6.07) is 10.4. The van der Waals surface area contributed by atoms with Gasteiger partial charge >= 0.3 is 0 Å². The molecule has 1 aromatic heterocycles. The summed E-state index contributed by atoms with van der Waals surface area (Å²) in [7, 11) is -0.533. The van der Waals surface area contributed by atoms with Crippen LogP contribution in [0.5, 0.6) is 0 Å². The van der Waals surface area contributed by atoms with E-state index in [0.29, 0.717) is 34.7 Å². The molecule has 7 nitrogen and oxygen atoms in total. The van der Waals surface area contributed by atoms with Gasteiger partial charge in [-0.1, -0.05) is 30.7 Å². The summed E-state index contributed by atoms with van der Waals surface area (Å²) in [5.74, 6) is -0.933. The number of nitrogens with zero attached hydrogens (tertiary/aromatic N) is 3. The number of halogens is 1. The molecule has 0 radical (unpaired) electrons. The van der Waals surface area contributed by atoms with E-state index in [1.807, 2.05) is 6.92 Å². The highest BCUT2D eigenvalue weighted by Crippen LogP contribution is 2.21. The standard InChI is InChI=1S/C22H26FN3O4S2/c1-4-5-13-25(2)32(28,29)17-11-9-16(10-12-17)21(27)24-22-26(14-15-30-3)20-18(23)7-6-8-19(20)31-22/h6-12H,4-5,13-15H2,1-3H3. The number of carbonyl (C=O) groups is 1. The molecule has 0 aliphatic carbocycles. The number of methoxy groups -OCH3 is 1. The third kappa shape index (κ3) is 5.15. The van der Waals surface area contributed by atoms with Crippen LogP contribution in [0.15, 0.2) is 52.4 Å². The number of amides is 1. The van der Waals surface area contributed by atoms with Gasteiger partial charge in [-0.15, -0.1) is 0 Å². The fourth-order valence-electron chi connectivity index (χ4n) is 3.16. The molecule has 172 valence electrons. The van der Waals surface area contributed by atoms with Gasteiger partial charge in [-0.05, 0) is 42.8 Å². The van der Waals surface area contributed by atoms with Gasteiger partial charge in [0.05, 0.1) is 21.7 Å². The topological polar surface area (TPSA) is 81.0 Å². The minimum atomic E-state index is -3.62. The minimum Gasteiger partial charge on any atom is -0.383 e. The number of hydrogen-bond acceptors (Lipinski definition) is 5. The number of sulfonamides is 1. The van der Waals surface area contributed by atoms with Crippen LogP contribution in [0.1, 0.15) is 30.1 Å². The summed E-state index contributed by atoms with van der Waals surface area (Å²) in [5.41, 5.74) is 0.619. The molecule has 1 heterocycles. The lowest BCUT2D eigenvalue weighted by Gasteiger charge is -2.16. The van der Waals surface area contributed by atoms with Gasteiger partial charge in [0.25, 0.3) is 5.91 Å². The normalized spacial score (nSPS) is 12.7. The highest BCUT2D eigenvalue weighted by molar-refractivity contribution is 7.89. The molecule has 10 heteroatoms. The summed E-state index contributed by atoms with van der Waals surface area (Å²) in [6.07, 6.45) is 1.66. The van der Waals surface area contributed by atoms with E-state index in [1.54, 1.807) is 30.9 Å². The monoisotopic (exact) mass is 479 g/mol. The molecule has 0 saturated heterocycles. The Bertz CT molecular complexity index is 1260. The molecule has 2 aromatic carbocycles. The summed E-state index contributed by atoms with van der Waals surface area (Å²) in [4.78, 5) is 17.4. The van der Waals surface area contributed by atoms with Crippen molar-refractivity contribution in [3.05, 3.63) is 58.6 Å². The lowest BCUT2D eigenvalue weighted by atomic mass is 10.2. The number of rotatable bonds is 9. The molecule has 0 saturated carbocycles. The molecule has 0 aliphatic heterocycles. The van der Waals surface area contributed by atoms with Gasteiger partial charge in [0.15, 0.2) is 4.80 Å². The number of fused-ring (bicyclic) bond motifs is 1. The second-order valence-corrected chi connectivity index (χ2v) is 10.3. The highest BCUT2D eigenvalue weighted by atomic mass is 32.2. The lowest BCUT2D eigenvalue weighted by Crippen LogP contribution is -2.27. The SMILES string of the molecule is CCCCN(C)S(=O)(=O)c1ccc(C(=O)N=c2sc3cccc(F)c3n2CCOC)cc1. The molecule has 0 spiro atoms. The third-order valence-electron chi connectivity index (χ3n) is 5.00. The smallest absolute Gasteiger partial charge is 0.279 e. The van der Waals surface area contributed by atoms with E-state index in [2.05, 4.69) is 4.99 Å². The predicted octanol–water partition coefficient (Wildman–Crippen LogP) is 3.65. The van der Waals surface area contributed by atoms with Gasteiger partial charge in [-0.3, -0.25) is 4.79 Å². The highest BCUT2D eigenvalue weighted by Gasteiger charge is 2.20. The van der Waals surface area contributed by atoms with E-state index in [-0.39, 0.29) is 10.5 Å². The largest absolute Gasteiger partial charge is 0.383 e. The second-order valence-electron chi connectivity index (χ2n) is 7.24. The number of benzene rings is 2. The van der Waals surface area contributed by atoms with Crippen LogP contribution >= 0.6 is 11.3 Å². The zero-order chi connectivity index (χ0) is 23.3. The van der Waals surface area contributed by atoms with Gasteiger partial charge in [0.2, 0.25) is 10.0 Å². The Morgan fingerprint density at radius 2 is 1.94 bits per heavy atom. The zero-order valence-corrected chi connectivity index (χ0v) is 19.9. The second kappa shape index (κ2) is 10.5. The summed E-state index contributed by atoms with van der Waals surface area (Å²) < 4.78 is 48.4. The van der Waals surface area contributed by atoms with E-state index >= 15 is 0 Å². The number of carbonyl (C=O) groups excluding carboxylic acids is 1. The van der Waals surface area contributed by atoms with Crippen molar-refractivity contribution in [2.45, 2.75) is 31.2 Å². The van der Waals surface area contributed by atoms with Gasteiger partial charge in [0.1, 0.15) is 5.82 Å². The number of thiazole rings is 1. The minimum absolute atomic E-state index is 0.117. The van der Waals surface area contributed by atoms with Crippen molar-refractivity contribution in [2.24, 2.45) is 4.99 Å². The van der Waals surface area contributed by atoms with Gasteiger partial charge in [0, 0.05) is 32.8 Å². The van der Waals surface area contributed by atoms with E-state index in [9.17, 15) is 17.6 Å². The van der Waals surface area contributed by atoms with E-state index in [0.717, 1.165) is 12.8 Å². The van der Waals surface area contributed by atoms with Crippen LogP contribution in [0.2, 0.25) is 0 Å².